The molecule has 0 aromatic heterocycles. The fourth-order valence-corrected chi connectivity index (χ4v) is 7.58. The van der Waals surface area contributed by atoms with E-state index in [1.807, 2.05) is 30.3 Å². The number of ketones is 1. The standard InChI is InChI=1S/C26H31N3O2/c1-25-13-11-21-19(15-28-23-14-18(30)10-12-26(21,23)2)20(25)8-9-22(25)24(31)29(16-27)17-6-4-3-5-7-17/h3-7,19-22H,8-15H2,1-2H3/t19-,20-,21+,22?,25-,26+/m0/s1. The summed E-state index contributed by atoms with van der Waals surface area (Å²) in [5.74, 6) is 1.65. The molecular weight excluding hydrogens is 386 g/mol. The molecule has 0 saturated heterocycles. The zero-order chi connectivity index (χ0) is 21.8. The number of carbonyl (C=O) groups is 2. The summed E-state index contributed by atoms with van der Waals surface area (Å²) in [4.78, 5) is 31.9. The first-order valence-corrected chi connectivity index (χ1v) is 11.7. The van der Waals surface area contributed by atoms with E-state index in [1.165, 1.54) is 4.90 Å². The van der Waals surface area contributed by atoms with Gasteiger partial charge >= 0.3 is 0 Å². The van der Waals surface area contributed by atoms with Crippen molar-refractivity contribution < 1.29 is 9.59 Å². The first-order chi connectivity index (χ1) is 14.9. The SMILES string of the molecule is C[C@]12CCC(=O)CC1=NC[C@@H]1[C@H]2CC[C@]2(C)C(C(=O)N(C#N)c3ccccc3)CC[C@@H]12. The number of amides is 1. The molecule has 4 aliphatic rings. The third-order valence-corrected chi connectivity index (χ3v) is 9.33. The van der Waals surface area contributed by atoms with Crippen molar-refractivity contribution in [2.75, 3.05) is 11.4 Å². The number of benzene rings is 1. The van der Waals surface area contributed by atoms with Crippen LogP contribution in [0.1, 0.15) is 58.8 Å². The predicted molar refractivity (Wildman–Crippen MR) is 119 cm³/mol. The summed E-state index contributed by atoms with van der Waals surface area (Å²) in [7, 11) is 0. The Morgan fingerprint density at radius 3 is 2.65 bits per heavy atom. The highest BCUT2D eigenvalue weighted by Crippen LogP contribution is 2.64. The fraction of sp³-hybridized carbons (Fsp3) is 0.615. The zero-order valence-corrected chi connectivity index (χ0v) is 18.5. The lowest BCUT2D eigenvalue weighted by molar-refractivity contribution is -0.128. The van der Waals surface area contributed by atoms with Crippen LogP contribution in [0.15, 0.2) is 35.3 Å². The van der Waals surface area contributed by atoms with E-state index in [0.29, 0.717) is 42.1 Å². The molecule has 5 rings (SSSR count). The number of nitrogens with zero attached hydrogens (tertiary/aromatic N) is 3. The highest BCUT2D eigenvalue weighted by atomic mass is 16.2. The molecule has 3 saturated carbocycles. The van der Waals surface area contributed by atoms with Crippen molar-refractivity contribution in [3.05, 3.63) is 30.3 Å². The molecule has 0 radical (unpaired) electrons. The molecule has 6 atom stereocenters. The second kappa shape index (κ2) is 7.29. The van der Waals surface area contributed by atoms with Crippen LogP contribution in [0.4, 0.5) is 5.69 Å². The maximum atomic E-state index is 13.6. The Hall–Kier alpha value is -2.48. The van der Waals surface area contributed by atoms with Gasteiger partial charge < -0.3 is 0 Å². The number of aliphatic imine (C=N–C) groups is 1. The van der Waals surface area contributed by atoms with Crippen molar-refractivity contribution in [1.29, 1.82) is 5.26 Å². The largest absolute Gasteiger partial charge is 0.299 e. The second-order valence-electron chi connectivity index (χ2n) is 10.6. The van der Waals surface area contributed by atoms with Gasteiger partial charge in [-0.05, 0) is 67.4 Å². The summed E-state index contributed by atoms with van der Waals surface area (Å²) in [5, 5.41) is 9.77. The Morgan fingerprint density at radius 1 is 1.13 bits per heavy atom. The fourth-order valence-electron chi connectivity index (χ4n) is 7.58. The molecule has 0 bridgehead atoms. The summed E-state index contributed by atoms with van der Waals surface area (Å²) in [6, 6.07) is 9.29. The lowest BCUT2D eigenvalue weighted by Crippen LogP contribution is -2.55. The summed E-state index contributed by atoms with van der Waals surface area (Å²) in [6.07, 6.45) is 8.26. The van der Waals surface area contributed by atoms with Crippen LogP contribution in [0.3, 0.4) is 0 Å². The Balaban J connectivity index is 1.42. The van der Waals surface area contributed by atoms with Crippen LogP contribution in [0, 0.1) is 46.0 Å². The average Bonchev–Trinajstić information content (AvgIpc) is 3.12. The van der Waals surface area contributed by atoms with Gasteiger partial charge in [-0.25, -0.2) is 4.90 Å². The van der Waals surface area contributed by atoms with Gasteiger partial charge in [0, 0.05) is 36.4 Å². The lowest BCUT2D eigenvalue weighted by Gasteiger charge is -2.56. The van der Waals surface area contributed by atoms with E-state index in [-0.39, 0.29) is 22.7 Å². The normalized spacial score (nSPS) is 38.9. The molecule has 1 aliphatic heterocycles. The second-order valence-corrected chi connectivity index (χ2v) is 10.6. The number of hydrogen-bond donors (Lipinski definition) is 0. The van der Waals surface area contributed by atoms with E-state index in [0.717, 1.165) is 44.4 Å². The van der Waals surface area contributed by atoms with Crippen molar-refractivity contribution in [3.63, 3.8) is 0 Å². The highest BCUT2D eigenvalue weighted by Gasteiger charge is 2.61. The number of nitriles is 1. The maximum absolute atomic E-state index is 13.6. The van der Waals surface area contributed by atoms with Crippen LogP contribution >= 0.6 is 0 Å². The molecule has 1 aromatic carbocycles. The van der Waals surface area contributed by atoms with Crippen LogP contribution in [0.25, 0.3) is 0 Å². The van der Waals surface area contributed by atoms with Gasteiger partial charge in [0.05, 0.1) is 5.69 Å². The van der Waals surface area contributed by atoms with Gasteiger partial charge in [-0.3, -0.25) is 14.6 Å². The Morgan fingerprint density at radius 2 is 1.90 bits per heavy atom. The number of para-hydroxylation sites is 1. The van der Waals surface area contributed by atoms with Crippen LogP contribution in [-0.2, 0) is 9.59 Å². The molecule has 0 N–H and O–H groups in total. The van der Waals surface area contributed by atoms with Crippen LogP contribution < -0.4 is 4.90 Å². The minimum absolute atomic E-state index is 0.0446. The molecule has 1 amide bonds. The van der Waals surface area contributed by atoms with E-state index in [4.69, 9.17) is 4.99 Å². The first-order valence-electron chi connectivity index (χ1n) is 11.7. The van der Waals surface area contributed by atoms with E-state index in [2.05, 4.69) is 20.0 Å². The first kappa shape index (κ1) is 20.4. The number of carbonyl (C=O) groups excluding carboxylic acids is 2. The average molecular weight is 418 g/mol. The van der Waals surface area contributed by atoms with E-state index >= 15 is 0 Å². The Kier molecular flexibility index (Phi) is 4.80. The van der Waals surface area contributed by atoms with Gasteiger partial charge in [0.2, 0.25) is 5.91 Å². The molecule has 162 valence electrons. The quantitative estimate of drug-likeness (QED) is 0.514. The summed E-state index contributed by atoms with van der Waals surface area (Å²) in [5.41, 5.74) is 1.75. The van der Waals surface area contributed by atoms with Gasteiger partial charge in [0.25, 0.3) is 0 Å². The number of Topliss-reactive ketones (excluding diaryl/α,β-unsaturated/α-hetero) is 1. The molecule has 1 aromatic rings. The molecule has 5 nitrogen and oxygen atoms in total. The third-order valence-electron chi connectivity index (χ3n) is 9.33. The van der Waals surface area contributed by atoms with Crippen molar-refractivity contribution >= 4 is 23.1 Å². The predicted octanol–water partition coefficient (Wildman–Crippen LogP) is 4.77. The van der Waals surface area contributed by atoms with Crippen LogP contribution in [0.2, 0.25) is 0 Å². The van der Waals surface area contributed by atoms with E-state index in [9.17, 15) is 14.9 Å². The Labute approximate surface area is 184 Å². The monoisotopic (exact) mass is 417 g/mol. The molecule has 5 heteroatoms. The molecule has 1 heterocycles. The zero-order valence-electron chi connectivity index (χ0n) is 18.5. The topological polar surface area (TPSA) is 73.5 Å². The third kappa shape index (κ3) is 2.98. The highest BCUT2D eigenvalue weighted by molar-refractivity contribution is 6.07. The van der Waals surface area contributed by atoms with E-state index < -0.39 is 0 Å². The molecule has 31 heavy (non-hydrogen) atoms. The Bertz CT molecular complexity index is 980. The van der Waals surface area contributed by atoms with Crippen molar-refractivity contribution in [2.45, 2.75) is 58.8 Å². The van der Waals surface area contributed by atoms with Gasteiger partial charge in [0.1, 0.15) is 5.78 Å². The van der Waals surface area contributed by atoms with Crippen molar-refractivity contribution in [3.8, 4) is 6.19 Å². The maximum Gasteiger partial charge on any atom is 0.243 e. The minimum atomic E-state index is -0.121. The van der Waals surface area contributed by atoms with Crippen molar-refractivity contribution in [2.24, 2.45) is 39.5 Å². The molecule has 1 unspecified atom stereocenters. The van der Waals surface area contributed by atoms with Gasteiger partial charge in [0.15, 0.2) is 6.19 Å². The van der Waals surface area contributed by atoms with E-state index in [1.54, 1.807) is 0 Å². The lowest BCUT2D eigenvalue weighted by atomic mass is 9.49. The number of rotatable bonds is 2. The summed E-state index contributed by atoms with van der Waals surface area (Å²) < 4.78 is 0. The minimum Gasteiger partial charge on any atom is -0.299 e. The van der Waals surface area contributed by atoms with Crippen LogP contribution in [0.5, 0.6) is 0 Å². The smallest absolute Gasteiger partial charge is 0.243 e. The molecule has 3 fully saturated rings. The number of anilines is 1. The number of fused-ring (bicyclic) bond motifs is 5. The van der Waals surface area contributed by atoms with Crippen molar-refractivity contribution in [1.82, 2.24) is 0 Å². The van der Waals surface area contributed by atoms with Gasteiger partial charge in [-0.1, -0.05) is 32.0 Å². The number of hydrogen-bond acceptors (Lipinski definition) is 4. The summed E-state index contributed by atoms with van der Waals surface area (Å²) >= 11 is 0. The van der Waals surface area contributed by atoms with Crippen LogP contribution in [-0.4, -0.2) is 23.9 Å². The molecule has 3 aliphatic carbocycles. The van der Waals surface area contributed by atoms with Gasteiger partial charge in [-0.15, -0.1) is 0 Å². The summed E-state index contributed by atoms with van der Waals surface area (Å²) in [6.45, 7) is 5.42. The molecule has 0 spiro atoms. The molecular formula is C26H31N3O2. The van der Waals surface area contributed by atoms with Gasteiger partial charge in [-0.2, -0.15) is 5.26 Å².